The lowest BCUT2D eigenvalue weighted by Gasteiger charge is -2.13. The highest BCUT2D eigenvalue weighted by molar-refractivity contribution is 4.95. The van der Waals surface area contributed by atoms with Crippen molar-refractivity contribution >= 4 is 0 Å². The molecule has 1 saturated carbocycles. The molecule has 0 unspecified atom stereocenters. The van der Waals surface area contributed by atoms with Crippen LogP contribution in [0.25, 0.3) is 0 Å². The van der Waals surface area contributed by atoms with Gasteiger partial charge in [-0.15, -0.1) is 0 Å². The third-order valence-electron chi connectivity index (χ3n) is 2.95. The molecule has 0 aromatic carbocycles. The first kappa shape index (κ1) is 12.8. The van der Waals surface area contributed by atoms with Gasteiger partial charge in [-0.05, 0) is 44.2 Å². The molecule has 0 radical (unpaired) electrons. The predicted molar refractivity (Wildman–Crippen MR) is 53.5 cm³/mol. The molecule has 3 N–H and O–H groups in total. The van der Waals surface area contributed by atoms with E-state index in [-0.39, 0.29) is 11.8 Å². The molecule has 2 nitrogen and oxygen atoms in total. The van der Waals surface area contributed by atoms with Crippen molar-refractivity contribution < 1.29 is 13.2 Å². The van der Waals surface area contributed by atoms with Crippen LogP contribution in [0, 0.1) is 5.41 Å². The Hall–Kier alpha value is -0.290. The lowest BCUT2D eigenvalue weighted by atomic mass is 10.1. The van der Waals surface area contributed by atoms with Gasteiger partial charge in [0.2, 0.25) is 0 Å². The Labute approximate surface area is 88.4 Å². The highest BCUT2D eigenvalue weighted by Gasteiger charge is 2.40. The summed E-state index contributed by atoms with van der Waals surface area (Å²) in [6.07, 6.45) is -1.57. The van der Waals surface area contributed by atoms with Crippen molar-refractivity contribution in [2.75, 3.05) is 19.6 Å². The monoisotopic (exact) mass is 224 g/mol. The van der Waals surface area contributed by atoms with E-state index in [1.807, 2.05) is 0 Å². The Kier molecular flexibility index (Phi) is 4.40. The zero-order valence-corrected chi connectivity index (χ0v) is 8.87. The van der Waals surface area contributed by atoms with Gasteiger partial charge < -0.3 is 11.1 Å². The average molecular weight is 224 g/mol. The number of nitrogens with one attached hydrogen (secondary N) is 1. The van der Waals surface area contributed by atoms with E-state index in [9.17, 15) is 13.2 Å². The van der Waals surface area contributed by atoms with Gasteiger partial charge in [0, 0.05) is 13.0 Å². The first-order chi connectivity index (χ1) is 6.97. The summed E-state index contributed by atoms with van der Waals surface area (Å²) in [6, 6.07) is 0. The second kappa shape index (κ2) is 5.16. The fraction of sp³-hybridized carbons (Fsp3) is 1.00. The Morgan fingerprint density at radius 3 is 2.33 bits per heavy atom. The summed E-state index contributed by atoms with van der Waals surface area (Å²) in [6.45, 7) is 2.20. The van der Waals surface area contributed by atoms with Crippen molar-refractivity contribution in [1.29, 1.82) is 0 Å². The number of hydrogen-bond donors (Lipinski definition) is 2. The first-order valence-electron chi connectivity index (χ1n) is 5.45. The van der Waals surface area contributed by atoms with Crippen molar-refractivity contribution in [2.24, 2.45) is 11.1 Å². The normalized spacial score (nSPS) is 19.2. The Morgan fingerprint density at radius 1 is 1.20 bits per heavy atom. The second-order valence-corrected chi connectivity index (χ2v) is 4.45. The molecular formula is C10H19F3N2. The van der Waals surface area contributed by atoms with Crippen LogP contribution in [0.1, 0.15) is 32.1 Å². The third-order valence-corrected chi connectivity index (χ3v) is 2.95. The van der Waals surface area contributed by atoms with E-state index in [1.165, 1.54) is 0 Å². The van der Waals surface area contributed by atoms with Gasteiger partial charge in [-0.2, -0.15) is 13.2 Å². The summed E-state index contributed by atoms with van der Waals surface area (Å²) in [5.41, 5.74) is 5.85. The van der Waals surface area contributed by atoms with E-state index in [2.05, 4.69) is 5.32 Å². The highest BCUT2D eigenvalue weighted by atomic mass is 19.4. The third kappa shape index (κ3) is 5.37. The van der Waals surface area contributed by atoms with Crippen LogP contribution in [0.5, 0.6) is 0 Å². The van der Waals surface area contributed by atoms with Crippen molar-refractivity contribution in [3.63, 3.8) is 0 Å². The largest absolute Gasteiger partial charge is 0.389 e. The van der Waals surface area contributed by atoms with Crippen LogP contribution in [0.4, 0.5) is 13.2 Å². The van der Waals surface area contributed by atoms with Gasteiger partial charge >= 0.3 is 6.18 Å². The van der Waals surface area contributed by atoms with Crippen LogP contribution in [0.2, 0.25) is 0 Å². The smallest absolute Gasteiger partial charge is 0.330 e. The van der Waals surface area contributed by atoms with Gasteiger partial charge in [0.25, 0.3) is 0 Å². The fourth-order valence-electron chi connectivity index (χ4n) is 1.56. The van der Waals surface area contributed by atoms with Crippen LogP contribution < -0.4 is 11.1 Å². The Morgan fingerprint density at radius 2 is 1.87 bits per heavy atom. The minimum absolute atomic E-state index is 0.214. The second-order valence-electron chi connectivity index (χ2n) is 4.45. The molecule has 5 heteroatoms. The molecule has 0 saturated heterocycles. The summed E-state index contributed by atoms with van der Waals surface area (Å²) in [7, 11) is 0. The summed E-state index contributed by atoms with van der Waals surface area (Å²) >= 11 is 0. The van der Waals surface area contributed by atoms with E-state index >= 15 is 0 Å². The molecule has 0 spiro atoms. The maximum absolute atomic E-state index is 11.8. The minimum Gasteiger partial charge on any atom is -0.330 e. The van der Waals surface area contributed by atoms with Crippen LogP contribution in [0.15, 0.2) is 0 Å². The quantitative estimate of drug-likeness (QED) is 0.649. The Balaban J connectivity index is 1.90. The van der Waals surface area contributed by atoms with E-state index < -0.39 is 12.6 Å². The number of hydrogen-bond acceptors (Lipinski definition) is 2. The first-order valence-corrected chi connectivity index (χ1v) is 5.45. The molecule has 0 aromatic rings. The maximum atomic E-state index is 11.8. The van der Waals surface area contributed by atoms with Crippen molar-refractivity contribution in [2.45, 2.75) is 38.3 Å². The molecule has 0 amide bonds. The van der Waals surface area contributed by atoms with E-state index in [0.29, 0.717) is 19.5 Å². The maximum Gasteiger partial charge on any atom is 0.389 e. The summed E-state index contributed by atoms with van der Waals surface area (Å²) in [5.74, 6) is 0. The number of unbranched alkanes of at least 4 members (excludes halogenated alkanes) is 1. The summed E-state index contributed by atoms with van der Waals surface area (Å²) in [4.78, 5) is 0. The molecule has 1 aliphatic carbocycles. The summed E-state index contributed by atoms with van der Waals surface area (Å²) < 4.78 is 35.3. The predicted octanol–water partition coefficient (Wildman–Crippen LogP) is 2.05. The molecule has 0 heterocycles. The molecule has 0 aliphatic heterocycles. The van der Waals surface area contributed by atoms with E-state index in [0.717, 1.165) is 19.4 Å². The molecule has 90 valence electrons. The number of halogens is 3. The molecule has 0 atom stereocenters. The topological polar surface area (TPSA) is 38.0 Å². The lowest BCUT2D eigenvalue weighted by Crippen LogP contribution is -2.30. The highest BCUT2D eigenvalue weighted by Crippen LogP contribution is 2.43. The SMILES string of the molecule is NCC1(CNCCCCC(F)(F)F)CC1. The average Bonchev–Trinajstić information content (AvgIpc) is 2.90. The van der Waals surface area contributed by atoms with Crippen molar-refractivity contribution in [3.8, 4) is 0 Å². The minimum atomic E-state index is -4.00. The van der Waals surface area contributed by atoms with Crippen molar-refractivity contribution in [1.82, 2.24) is 5.32 Å². The van der Waals surface area contributed by atoms with E-state index in [4.69, 9.17) is 5.73 Å². The fourth-order valence-corrected chi connectivity index (χ4v) is 1.56. The standard InChI is InChI=1S/C10H19F3N2/c11-10(12,13)3-1-2-6-15-8-9(7-14)4-5-9/h15H,1-8,14H2. The molecule has 0 bridgehead atoms. The van der Waals surface area contributed by atoms with Gasteiger partial charge in [-0.25, -0.2) is 0 Å². The number of nitrogens with two attached hydrogens (primary N) is 1. The van der Waals surface area contributed by atoms with Crippen LogP contribution in [0.3, 0.4) is 0 Å². The number of rotatable bonds is 7. The van der Waals surface area contributed by atoms with Crippen LogP contribution in [-0.2, 0) is 0 Å². The van der Waals surface area contributed by atoms with Crippen molar-refractivity contribution in [3.05, 3.63) is 0 Å². The molecular weight excluding hydrogens is 205 g/mol. The van der Waals surface area contributed by atoms with Crippen LogP contribution >= 0.6 is 0 Å². The molecule has 15 heavy (non-hydrogen) atoms. The van der Waals surface area contributed by atoms with Gasteiger partial charge in [0.15, 0.2) is 0 Å². The zero-order valence-electron chi connectivity index (χ0n) is 8.87. The van der Waals surface area contributed by atoms with Crippen LogP contribution in [-0.4, -0.2) is 25.8 Å². The summed E-state index contributed by atoms with van der Waals surface area (Å²) in [5, 5.41) is 3.18. The van der Waals surface area contributed by atoms with Gasteiger partial charge in [-0.3, -0.25) is 0 Å². The van der Waals surface area contributed by atoms with E-state index in [1.54, 1.807) is 0 Å². The Bertz CT molecular complexity index is 188. The molecule has 1 fully saturated rings. The van der Waals surface area contributed by atoms with Gasteiger partial charge in [0.1, 0.15) is 0 Å². The van der Waals surface area contributed by atoms with Gasteiger partial charge in [-0.1, -0.05) is 0 Å². The molecule has 1 rings (SSSR count). The van der Waals surface area contributed by atoms with Gasteiger partial charge in [0.05, 0.1) is 0 Å². The number of alkyl halides is 3. The molecule has 0 aromatic heterocycles. The lowest BCUT2D eigenvalue weighted by molar-refractivity contribution is -0.135. The zero-order chi connectivity index (χ0) is 11.4. The molecule has 1 aliphatic rings.